The van der Waals surface area contributed by atoms with E-state index < -0.39 is 0 Å². The Morgan fingerprint density at radius 3 is 2.00 bits per heavy atom. The molecule has 10 aromatic rings. The van der Waals surface area contributed by atoms with Crippen molar-refractivity contribution < 1.29 is 4.42 Å². The first kappa shape index (κ1) is 27.9. The lowest BCUT2D eigenvalue weighted by molar-refractivity contribution is 0.669. The van der Waals surface area contributed by atoms with Crippen LogP contribution >= 0.6 is 11.3 Å². The van der Waals surface area contributed by atoms with Gasteiger partial charge in [0.1, 0.15) is 11.2 Å². The highest BCUT2D eigenvalue weighted by atomic mass is 32.1. The molecule has 0 unspecified atom stereocenters. The predicted octanol–water partition coefficient (Wildman–Crippen LogP) is 13.9. The Bertz CT molecular complexity index is 2850. The van der Waals surface area contributed by atoms with E-state index in [9.17, 15) is 0 Å². The van der Waals surface area contributed by atoms with E-state index >= 15 is 0 Å². The normalized spacial score (nSPS) is 11.7. The zero-order valence-corrected chi connectivity index (χ0v) is 27.3. The van der Waals surface area contributed by atoms with Crippen LogP contribution in [0.2, 0.25) is 0 Å². The van der Waals surface area contributed by atoms with E-state index in [1.807, 2.05) is 23.5 Å². The van der Waals surface area contributed by atoms with Crippen molar-refractivity contribution >= 4 is 81.3 Å². The summed E-state index contributed by atoms with van der Waals surface area (Å²) in [6.07, 6.45) is 0. The second-order valence-corrected chi connectivity index (χ2v) is 13.6. The highest BCUT2D eigenvalue weighted by molar-refractivity contribution is 7.26. The summed E-state index contributed by atoms with van der Waals surface area (Å²) in [6.45, 7) is 0. The third-order valence-corrected chi connectivity index (χ3v) is 10.8. The molecule has 0 bridgehead atoms. The quantitative estimate of drug-likeness (QED) is 0.186. The SMILES string of the molecule is c1cc(-c2cccc(N(c3ccc4oc5ccccc5c4c3)c3cccc4sc5ccccc5c34)c2)cc(-c2cccc3ccccc23)c1. The van der Waals surface area contributed by atoms with E-state index in [0.29, 0.717) is 0 Å². The molecule has 0 aliphatic heterocycles. The molecule has 0 atom stereocenters. The van der Waals surface area contributed by atoms with Crippen molar-refractivity contribution in [1.82, 2.24) is 0 Å². The van der Waals surface area contributed by atoms with E-state index in [1.54, 1.807) is 0 Å². The lowest BCUT2D eigenvalue weighted by atomic mass is 9.95. The van der Waals surface area contributed by atoms with Crippen molar-refractivity contribution in [1.29, 1.82) is 0 Å². The van der Waals surface area contributed by atoms with Crippen molar-refractivity contribution in [2.45, 2.75) is 0 Å². The minimum absolute atomic E-state index is 0.892. The molecule has 0 aliphatic carbocycles. The average molecular weight is 644 g/mol. The van der Waals surface area contributed by atoms with Gasteiger partial charge in [-0.15, -0.1) is 11.3 Å². The first-order valence-electron chi connectivity index (χ1n) is 16.6. The molecule has 49 heavy (non-hydrogen) atoms. The van der Waals surface area contributed by atoms with Gasteiger partial charge >= 0.3 is 0 Å². The minimum Gasteiger partial charge on any atom is -0.456 e. The third-order valence-electron chi connectivity index (χ3n) is 9.64. The summed E-state index contributed by atoms with van der Waals surface area (Å²) in [7, 11) is 0. The van der Waals surface area contributed by atoms with Crippen LogP contribution in [0.4, 0.5) is 17.1 Å². The molecule has 0 amide bonds. The summed E-state index contributed by atoms with van der Waals surface area (Å²) in [5.41, 5.74) is 9.95. The Morgan fingerprint density at radius 1 is 0.408 bits per heavy atom. The second kappa shape index (κ2) is 11.2. The summed E-state index contributed by atoms with van der Waals surface area (Å²) in [5, 5.41) is 7.29. The molecule has 0 N–H and O–H groups in total. The lowest BCUT2D eigenvalue weighted by Gasteiger charge is -2.27. The van der Waals surface area contributed by atoms with E-state index in [0.717, 1.165) is 39.0 Å². The molecule has 2 aromatic heterocycles. The predicted molar refractivity (Wildman–Crippen MR) is 210 cm³/mol. The smallest absolute Gasteiger partial charge is 0.135 e. The van der Waals surface area contributed by atoms with E-state index in [-0.39, 0.29) is 0 Å². The number of para-hydroxylation sites is 1. The summed E-state index contributed by atoms with van der Waals surface area (Å²) in [6, 6.07) is 63.4. The minimum atomic E-state index is 0.892. The standard InChI is InChI=1S/C46H29NOS/c1-2-17-36-30(11-1)12-9-20-37(36)33-15-7-13-31(27-33)32-14-8-16-34(28-32)47(35-25-26-43-40(29-35)38-18-3-5-22-42(38)48-43)41-21-10-24-45-46(41)39-19-4-6-23-44(39)49-45/h1-29H. The zero-order chi connectivity index (χ0) is 32.3. The van der Waals surface area contributed by atoms with Crippen molar-refractivity contribution in [2.75, 3.05) is 4.90 Å². The summed E-state index contributed by atoms with van der Waals surface area (Å²) < 4.78 is 8.82. The molecular formula is C46H29NOS. The van der Waals surface area contributed by atoms with Gasteiger partial charge in [0.05, 0.1) is 5.69 Å². The molecule has 10 rings (SSSR count). The van der Waals surface area contributed by atoms with Crippen molar-refractivity contribution in [3.8, 4) is 22.3 Å². The fraction of sp³-hybridized carbons (Fsp3) is 0. The molecule has 2 heterocycles. The first-order chi connectivity index (χ1) is 24.3. The monoisotopic (exact) mass is 643 g/mol. The second-order valence-electron chi connectivity index (χ2n) is 12.5. The molecule has 2 nitrogen and oxygen atoms in total. The number of nitrogens with zero attached hydrogens (tertiary/aromatic N) is 1. The van der Waals surface area contributed by atoms with Crippen LogP contribution in [0.3, 0.4) is 0 Å². The summed E-state index contributed by atoms with van der Waals surface area (Å²) >= 11 is 1.85. The number of anilines is 3. The van der Waals surface area contributed by atoms with Crippen molar-refractivity contribution in [2.24, 2.45) is 0 Å². The van der Waals surface area contributed by atoms with Gasteiger partial charge in [0.15, 0.2) is 0 Å². The fourth-order valence-corrected chi connectivity index (χ4v) is 8.52. The lowest BCUT2D eigenvalue weighted by Crippen LogP contribution is -2.10. The van der Waals surface area contributed by atoms with Gasteiger partial charge in [-0.05, 0) is 93.7 Å². The largest absolute Gasteiger partial charge is 0.456 e. The number of benzene rings is 8. The van der Waals surface area contributed by atoms with Crippen LogP contribution in [0.1, 0.15) is 0 Å². The number of fused-ring (bicyclic) bond motifs is 7. The van der Waals surface area contributed by atoms with Gasteiger partial charge in [0.2, 0.25) is 0 Å². The summed E-state index contributed by atoms with van der Waals surface area (Å²) in [5.74, 6) is 0. The van der Waals surface area contributed by atoms with Gasteiger partial charge in [-0.25, -0.2) is 0 Å². The topological polar surface area (TPSA) is 16.4 Å². The first-order valence-corrected chi connectivity index (χ1v) is 17.4. The summed E-state index contributed by atoms with van der Waals surface area (Å²) in [4.78, 5) is 2.42. The molecule has 0 saturated heterocycles. The Balaban J connectivity index is 1.18. The molecule has 8 aromatic carbocycles. The molecule has 0 radical (unpaired) electrons. The van der Waals surface area contributed by atoms with E-state index in [2.05, 4.69) is 169 Å². The molecule has 230 valence electrons. The van der Waals surface area contributed by atoms with Crippen LogP contribution in [0.25, 0.3) is 75.1 Å². The Hall–Kier alpha value is -6.16. The fourth-order valence-electron chi connectivity index (χ4n) is 7.39. The van der Waals surface area contributed by atoms with Gasteiger partial charge in [0.25, 0.3) is 0 Å². The number of thiophene rings is 1. The van der Waals surface area contributed by atoms with Crippen LogP contribution in [0.15, 0.2) is 180 Å². The van der Waals surface area contributed by atoms with Crippen LogP contribution < -0.4 is 4.90 Å². The maximum Gasteiger partial charge on any atom is 0.135 e. The van der Waals surface area contributed by atoms with E-state index in [4.69, 9.17) is 4.42 Å². The molecule has 0 aliphatic rings. The van der Waals surface area contributed by atoms with Gasteiger partial charge in [-0.2, -0.15) is 0 Å². The molecule has 0 fully saturated rings. The van der Waals surface area contributed by atoms with Gasteiger partial charge in [0, 0.05) is 42.3 Å². The van der Waals surface area contributed by atoms with Crippen LogP contribution in [0.5, 0.6) is 0 Å². The highest BCUT2D eigenvalue weighted by Crippen LogP contribution is 2.46. The van der Waals surface area contributed by atoms with E-state index in [1.165, 1.54) is 53.2 Å². The maximum absolute atomic E-state index is 6.25. The number of hydrogen-bond acceptors (Lipinski definition) is 3. The maximum atomic E-state index is 6.25. The van der Waals surface area contributed by atoms with Gasteiger partial charge in [-0.3, -0.25) is 0 Å². The number of furan rings is 1. The Labute approximate surface area is 287 Å². The van der Waals surface area contributed by atoms with Crippen LogP contribution in [0, 0.1) is 0 Å². The third kappa shape index (κ3) is 4.62. The Kier molecular flexibility index (Phi) is 6.39. The van der Waals surface area contributed by atoms with Crippen molar-refractivity contribution in [3.05, 3.63) is 176 Å². The molecule has 0 spiro atoms. The number of rotatable bonds is 5. The highest BCUT2D eigenvalue weighted by Gasteiger charge is 2.20. The van der Waals surface area contributed by atoms with Gasteiger partial charge < -0.3 is 9.32 Å². The van der Waals surface area contributed by atoms with Gasteiger partial charge in [-0.1, -0.05) is 115 Å². The molecule has 0 saturated carbocycles. The average Bonchev–Trinajstić information content (AvgIpc) is 3.74. The molecule has 3 heteroatoms. The van der Waals surface area contributed by atoms with Crippen LogP contribution in [-0.2, 0) is 0 Å². The van der Waals surface area contributed by atoms with Crippen LogP contribution in [-0.4, -0.2) is 0 Å². The molecular weight excluding hydrogens is 615 g/mol. The van der Waals surface area contributed by atoms with Crippen molar-refractivity contribution in [3.63, 3.8) is 0 Å². The zero-order valence-electron chi connectivity index (χ0n) is 26.5. The Morgan fingerprint density at radius 2 is 1.06 bits per heavy atom. The number of hydrogen-bond donors (Lipinski definition) is 0.